The molecule has 0 radical (unpaired) electrons. The van der Waals surface area contributed by atoms with Gasteiger partial charge < -0.3 is 10.1 Å². The van der Waals surface area contributed by atoms with Crippen LogP contribution in [-0.4, -0.2) is 35.6 Å². The van der Waals surface area contributed by atoms with Gasteiger partial charge in [0.25, 0.3) is 10.0 Å². The Morgan fingerprint density at radius 2 is 2.31 bits per heavy atom. The lowest BCUT2D eigenvalue weighted by atomic mass is 10.3. The average molecular weight is 245 g/mol. The average Bonchev–Trinajstić information content (AvgIpc) is 2.82. The molecular formula is C9H15N3O3S. The number of aliphatic hydroxyl groups is 1. The van der Waals surface area contributed by atoms with E-state index in [2.05, 4.69) is 14.7 Å². The van der Waals surface area contributed by atoms with E-state index in [4.69, 9.17) is 5.11 Å². The van der Waals surface area contributed by atoms with Gasteiger partial charge in [-0.15, -0.1) is 0 Å². The number of aryl methyl sites for hydroxylation is 1. The Balaban J connectivity index is 2.19. The summed E-state index contributed by atoms with van der Waals surface area (Å²) in [6.45, 7) is 1.72. The highest BCUT2D eigenvalue weighted by atomic mass is 32.2. The fraction of sp³-hybridized carbons (Fsp3) is 0.667. The number of H-pyrrole nitrogens is 1. The van der Waals surface area contributed by atoms with Crippen LogP contribution in [0.25, 0.3) is 0 Å². The molecule has 0 aromatic carbocycles. The van der Waals surface area contributed by atoms with Crippen molar-refractivity contribution >= 4 is 10.0 Å². The Morgan fingerprint density at radius 1 is 1.62 bits per heavy atom. The first-order valence-corrected chi connectivity index (χ1v) is 6.68. The lowest BCUT2D eigenvalue weighted by molar-refractivity contribution is 0.246. The summed E-state index contributed by atoms with van der Waals surface area (Å²) in [5.41, 5.74) is -0.643. The van der Waals surface area contributed by atoms with E-state index in [9.17, 15) is 8.42 Å². The SMILES string of the molecule is CCc1ncc(S(=O)(=O)NC2(CO)CC2)[nH]1. The van der Waals surface area contributed by atoms with Gasteiger partial charge in [0.05, 0.1) is 18.3 Å². The minimum atomic E-state index is -3.58. The van der Waals surface area contributed by atoms with Crippen molar-refractivity contribution in [2.45, 2.75) is 36.8 Å². The van der Waals surface area contributed by atoms with Crippen LogP contribution in [0.5, 0.6) is 0 Å². The highest BCUT2D eigenvalue weighted by molar-refractivity contribution is 7.89. The number of hydrogen-bond acceptors (Lipinski definition) is 4. The van der Waals surface area contributed by atoms with Gasteiger partial charge in [-0.2, -0.15) is 0 Å². The van der Waals surface area contributed by atoms with Crippen LogP contribution >= 0.6 is 0 Å². The Morgan fingerprint density at radius 3 is 2.75 bits per heavy atom. The Labute approximate surface area is 94.1 Å². The van der Waals surface area contributed by atoms with E-state index >= 15 is 0 Å². The van der Waals surface area contributed by atoms with Gasteiger partial charge in [-0.3, -0.25) is 0 Å². The molecule has 0 saturated heterocycles. The van der Waals surface area contributed by atoms with Crippen molar-refractivity contribution in [3.63, 3.8) is 0 Å². The smallest absolute Gasteiger partial charge is 0.258 e. The van der Waals surface area contributed by atoms with Crippen LogP contribution in [0.1, 0.15) is 25.6 Å². The van der Waals surface area contributed by atoms with Gasteiger partial charge in [-0.25, -0.2) is 18.1 Å². The third-order valence-corrected chi connectivity index (χ3v) is 4.22. The molecular weight excluding hydrogens is 230 g/mol. The number of rotatable bonds is 5. The van der Waals surface area contributed by atoms with Crippen molar-refractivity contribution < 1.29 is 13.5 Å². The van der Waals surface area contributed by atoms with E-state index in [0.717, 1.165) is 0 Å². The fourth-order valence-corrected chi connectivity index (χ4v) is 2.84. The second kappa shape index (κ2) is 3.83. The number of nitrogens with one attached hydrogen (secondary N) is 2. The van der Waals surface area contributed by atoms with Crippen LogP contribution in [0.3, 0.4) is 0 Å². The molecule has 0 spiro atoms. The minimum Gasteiger partial charge on any atom is -0.394 e. The van der Waals surface area contributed by atoms with Gasteiger partial charge in [0.15, 0.2) is 5.03 Å². The molecule has 0 unspecified atom stereocenters. The van der Waals surface area contributed by atoms with Gasteiger partial charge in [-0.05, 0) is 12.8 Å². The van der Waals surface area contributed by atoms with E-state index < -0.39 is 15.6 Å². The summed E-state index contributed by atoms with van der Waals surface area (Å²) in [5.74, 6) is 0.634. The number of aliphatic hydroxyl groups excluding tert-OH is 1. The monoisotopic (exact) mass is 245 g/mol. The molecule has 0 atom stereocenters. The van der Waals surface area contributed by atoms with Crippen LogP contribution in [-0.2, 0) is 16.4 Å². The minimum absolute atomic E-state index is 0.0593. The van der Waals surface area contributed by atoms with Crippen LogP contribution < -0.4 is 4.72 Å². The van der Waals surface area contributed by atoms with Crippen molar-refractivity contribution in [1.82, 2.24) is 14.7 Å². The summed E-state index contributed by atoms with van der Waals surface area (Å²) in [6, 6.07) is 0. The predicted molar refractivity (Wildman–Crippen MR) is 57.3 cm³/mol. The molecule has 0 bridgehead atoms. The molecule has 1 saturated carbocycles. The summed E-state index contributed by atoms with van der Waals surface area (Å²) >= 11 is 0. The molecule has 16 heavy (non-hydrogen) atoms. The van der Waals surface area contributed by atoms with Gasteiger partial charge in [0, 0.05) is 6.42 Å². The maximum atomic E-state index is 11.9. The van der Waals surface area contributed by atoms with Gasteiger partial charge in [0.1, 0.15) is 5.82 Å². The standard InChI is InChI=1S/C9H15N3O3S/c1-2-7-10-5-8(11-7)16(14,15)12-9(6-13)3-4-9/h5,12-13H,2-4,6H2,1H3,(H,10,11). The number of nitrogens with zero attached hydrogens (tertiary/aromatic N) is 1. The quantitative estimate of drug-likeness (QED) is 0.668. The third kappa shape index (κ3) is 2.11. The summed E-state index contributed by atoms with van der Waals surface area (Å²) < 4.78 is 26.3. The second-order valence-electron chi connectivity index (χ2n) is 4.09. The first-order chi connectivity index (χ1) is 7.51. The van der Waals surface area contributed by atoms with Crippen molar-refractivity contribution in [3.8, 4) is 0 Å². The van der Waals surface area contributed by atoms with Crippen LogP contribution in [0.2, 0.25) is 0 Å². The highest BCUT2D eigenvalue weighted by Gasteiger charge is 2.45. The summed E-state index contributed by atoms with van der Waals surface area (Å²) in [4.78, 5) is 6.67. The van der Waals surface area contributed by atoms with Crippen LogP contribution in [0.4, 0.5) is 0 Å². The fourth-order valence-electron chi connectivity index (χ4n) is 1.44. The van der Waals surface area contributed by atoms with Crippen molar-refractivity contribution in [2.75, 3.05) is 6.61 Å². The topological polar surface area (TPSA) is 95.1 Å². The lowest BCUT2D eigenvalue weighted by Crippen LogP contribution is -2.39. The molecule has 90 valence electrons. The van der Waals surface area contributed by atoms with Gasteiger partial charge in [0.2, 0.25) is 0 Å². The van der Waals surface area contributed by atoms with E-state index in [-0.39, 0.29) is 11.6 Å². The molecule has 1 aromatic heterocycles. The van der Waals surface area contributed by atoms with Gasteiger partial charge >= 0.3 is 0 Å². The zero-order valence-electron chi connectivity index (χ0n) is 9.02. The molecule has 1 aromatic rings. The molecule has 3 N–H and O–H groups in total. The van der Waals surface area contributed by atoms with Crippen molar-refractivity contribution in [2.24, 2.45) is 0 Å². The van der Waals surface area contributed by atoms with Gasteiger partial charge in [-0.1, -0.05) is 6.92 Å². The molecule has 6 nitrogen and oxygen atoms in total. The Bertz CT molecular complexity index is 476. The normalized spacial score (nSPS) is 18.6. The maximum absolute atomic E-state index is 11.9. The van der Waals surface area contributed by atoms with Crippen LogP contribution in [0.15, 0.2) is 11.2 Å². The number of imidazole rings is 1. The highest BCUT2D eigenvalue weighted by Crippen LogP contribution is 2.35. The zero-order chi connectivity index (χ0) is 11.8. The van der Waals surface area contributed by atoms with E-state index in [0.29, 0.717) is 25.1 Å². The summed E-state index contributed by atoms with van der Waals surface area (Å²) in [6.07, 6.45) is 3.31. The number of aromatic amines is 1. The zero-order valence-corrected chi connectivity index (χ0v) is 9.84. The molecule has 2 rings (SSSR count). The number of hydrogen-bond donors (Lipinski definition) is 3. The molecule has 1 aliphatic rings. The first kappa shape index (κ1) is 11.6. The summed E-state index contributed by atoms with van der Waals surface area (Å²) in [5, 5.41) is 9.12. The van der Waals surface area contributed by atoms with E-state index in [1.54, 1.807) is 0 Å². The van der Waals surface area contributed by atoms with Crippen LogP contribution in [0, 0.1) is 0 Å². The predicted octanol–water partition coefficient (Wildman–Crippen LogP) is -0.225. The molecule has 7 heteroatoms. The maximum Gasteiger partial charge on any atom is 0.258 e. The molecule has 1 aliphatic carbocycles. The van der Waals surface area contributed by atoms with E-state index in [1.807, 2.05) is 6.92 Å². The third-order valence-electron chi connectivity index (χ3n) is 2.74. The first-order valence-electron chi connectivity index (χ1n) is 5.20. The number of sulfonamides is 1. The van der Waals surface area contributed by atoms with Crippen molar-refractivity contribution in [1.29, 1.82) is 0 Å². The lowest BCUT2D eigenvalue weighted by Gasteiger charge is -2.13. The Kier molecular flexibility index (Phi) is 2.77. The van der Waals surface area contributed by atoms with E-state index in [1.165, 1.54) is 6.20 Å². The molecule has 0 amide bonds. The second-order valence-corrected chi connectivity index (χ2v) is 5.74. The number of aromatic nitrogens is 2. The van der Waals surface area contributed by atoms with Crippen molar-refractivity contribution in [3.05, 3.63) is 12.0 Å². The Hall–Kier alpha value is -0.920. The molecule has 1 fully saturated rings. The largest absolute Gasteiger partial charge is 0.394 e. The molecule has 1 heterocycles. The molecule has 0 aliphatic heterocycles. The summed E-state index contributed by atoms with van der Waals surface area (Å²) in [7, 11) is -3.58.